The van der Waals surface area contributed by atoms with Crippen molar-refractivity contribution in [2.24, 2.45) is 29.1 Å². The summed E-state index contributed by atoms with van der Waals surface area (Å²) in [5.41, 5.74) is -0.572. The van der Waals surface area contributed by atoms with E-state index in [0.717, 1.165) is 25.7 Å². The average molecular weight is 772 g/mol. The number of hydrogen-bond acceptors (Lipinski definition) is 10. The van der Waals surface area contributed by atoms with Gasteiger partial charge in [-0.05, 0) is 141 Å². The van der Waals surface area contributed by atoms with Crippen molar-refractivity contribution in [3.63, 3.8) is 0 Å². The second-order valence-corrected chi connectivity index (χ2v) is 17.3. The van der Waals surface area contributed by atoms with Gasteiger partial charge in [-0.15, -0.1) is 0 Å². The van der Waals surface area contributed by atoms with Gasteiger partial charge in [-0.2, -0.15) is 0 Å². The van der Waals surface area contributed by atoms with E-state index in [9.17, 15) is 28.4 Å². The molecule has 2 aliphatic carbocycles. The van der Waals surface area contributed by atoms with Crippen LogP contribution in [-0.2, 0) is 33.3 Å². The van der Waals surface area contributed by atoms with Gasteiger partial charge in [0.1, 0.15) is 23.9 Å². The van der Waals surface area contributed by atoms with Crippen LogP contribution in [0.2, 0.25) is 0 Å². The van der Waals surface area contributed by atoms with E-state index in [2.05, 4.69) is 10.6 Å². The maximum Gasteiger partial charge on any atom is 0.407 e. The van der Waals surface area contributed by atoms with Crippen LogP contribution in [-0.4, -0.2) is 85.7 Å². The Morgan fingerprint density at radius 2 is 1.60 bits per heavy atom. The summed E-state index contributed by atoms with van der Waals surface area (Å²) in [6, 6.07) is 5.13. The zero-order valence-corrected chi connectivity index (χ0v) is 33.2. The van der Waals surface area contributed by atoms with Crippen molar-refractivity contribution < 1.29 is 51.7 Å². The van der Waals surface area contributed by atoms with Crippen molar-refractivity contribution in [3.8, 4) is 0 Å². The molecule has 2 N–H and O–H groups in total. The van der Waals surface area contributed by atoms with Crippen molar-refractivity contribution in [1.82, 2.24) is 10.2 Å². The highest BCUT2D eigenvalue weighted by atomic mass is 19.1. The molecule has 0 radical (unpaired) electrons. The Kier molecular flexibility index (Phi) is 13.5. The summed E-state index contributed by atoms with van der Waals surface area (Å²) in [5.74, 6) is -1.96. The highest BCUT2D eigenvalue weighted by Gasteiger charge is 2.47. The third kappa shape index (κ3) is 10.8. The molecular weight excluding hydrogens is 713 g/mol. The van der Waals surface area contributed by atoms with E-state index in [1.165, 1.54) is 6.07 Å². The molecule has 1 saturated heterocycles. The Morgan fingerprint density at radius 1 is 0.909 bits per heavy atom. The first-order valence-corrected chi connectivity index (χ1v) is 19.5. The number of fused-ring (bicyclic) bond motifs is 1. The lowest BCUT2D eigenvalue weighted by molar-refractivity contribution is -0.161. The quantitative estimate of drug-likeness (QED) is 0.177. The smallest absolute Gasteiger partial charge is 0.407 e. The fourth-order valence-corrected chi connectivity index (χ4v) is 8.25. The van der Waals surface area contributed by atoms with Crippen LogP contribution in [0.25, 0.3) is 11.0 Å². The fraction of sp³-hybridized carbons (Fsp3) is 0.683. The monoisotopic (exact) mass is 771 g/mol. The largest absolute Gasteiger partial charge is 0.449 e. The highest BCUT2D eigenvalue weighted by Crippen LogP contribution is 2.42. The minimum Gasteiger partial charge on any atom is -0.449 e. The van der Waals surface area contributed by atoms with Crippen molar-refractivity contribution in [2.45, 2.75) is 123 Å². The molecule has 14 heteroatoms. The van der Waals surface area contributed by atoms with Gasteiger partial charge in [0.15, 0.2) is 0 Å². The maximum atomic E-state index is 14.3. The van der Waals surface area contributed by atoms with Crippen LogP contribution in [0.1, 0.15) is 110 Å². The molecule has 2 heterocycles. The number of carbonyl (C=O) groups is 5. The molecule has 13 nitrogen and oxygen atoms in total. The number of nitrogens with zero attached hydrogens (tertiary/aromatic N) is 1. The number of nitrogens with one attached hydrogen (secondary N) is 2. The molecule has 3 amide bonds. The minimum absolute atomic E-state index is 0.0292. The summed E-state index contributed by atoms with van der Waals surface area (Å²) < 4.78 is 40.8. The average Bonchev–Trinajstić information content (AvgIpc) is 3.78. The predicted octanol–water partition coefficient (Wildman–Crippen LogP) is 7.17. The molecule has 1 aromatic carbocycles. The lowest BCUT2D eigenvalue weighted by atomic mass is 9.75. The van der Waals surface area contributed by atoms with Crippen molar-refractivity contribution in [1.29, 1.82) is 0 Å². The number of anilines is 1. The Labute approximate surface area is 322 Å². The van der Waals surface area contributed by atoms with Crippen LogP contribution < -0.4 is 10.6 Å². The van der Waals surface area contributed by atoms with Gasteiger partial charge >= 0.3 is 18.0 Å². The van der Waals surface area contributed by atoms with Gasteiger partial charge in [0.2, 0.25) is 24.4 Å². The number of likely N-dealkylation sites (tertiary alicyclic amines) is 1. The van der Waals surface area contributed by atoms with Gasteiger partial charge in [0.05, 0.1) is 17.6 Å². The number of alkyl halides is 1. The summed E-state index contributed by atoms with van der Waals surface area (Å²) in [7, 11) is 1.73. The van der Waals surface area contributed by atoms with Crippen LogP contribution in [0.15, 0.2) is 28.7 Å². The number of rotatable bonds is 11. The first-order valence-electron chi connectivity index (χ1n) is 19.5. The van der Waals surface area contributed by atoms with E-state index in [-0.39, 0.29) is 47.4 Å². The van der Waals surface area contributed by atoms with E-state index in [1.54, 1.807) is 71.8 Å². The van der Waals surface area contributed by atoms with E-state index in [0.29, 0.717) is 55.3 Å². The second-order valence-electron chi connectivity index (χ2n) is 17.3. The predicted molar refractivity (Wildman–Crippen MR) is 202 cm³/mol. The Balaban J connectivity index is 1.26. The second kappa shape index (κ2) is 17.7. The number of halogens is 1. The number of benzene rings is 1. The zero-order chi connectivity index (χ0) is 40.1. The Bertz CT molecular complexity index is 1680. The number of alkyl carbamates (subject to hydrolysis) is 1. The summed E-state index contributed by atoms with van der Waals surface area (Å²) in [4.78, 5) is 67.3. The number of amides is 3. The molecule has 0 spiro atoms. The molecule has 1 aromatic heterocycles. The topological polar surface area (TPSA) is 163 Å². The molecule has 5 rings (SSSR count). The van der Waals surface area contributed by atoms with Gasteiger partial charge in [-0.1, -0.05) is 0 Å². The van der Waals surface area contributed by atoms with Crippen LogP contribution >= 0.6 is 0 Å². The fourth-order valence-electron chi connectivity index (χ4n) is 8.25. The maximum absolute atomic E-state index is 14.3. The molecule has 2 saturated carbocycles. The lowest BCUT2D eigenvalue weighted by Gasteiger charge is -2.38. The van der Waals surface area contributed by atoms with Gasteiger partial charge in [-0.3, -0.25) is 14.4 Å². The first kappa shape index (κ1) is 42.0. The standard InChI is InChI=1S/C41H58FN3O10/c1-40(2,3)38(49)53-23-52-37(48)33-21-27-20-28(14-17-32(27)54-33)43-35(46)34-30(24-12-15-29(51-7)16-13-24)18-19-45(34)36(47)26-10-8-25(9-11-26)31(22-42)44-39(50)55-41(4,5)6/h14,17,20-21,24-26,29-31,34H,8-13,15-16,18-19,22-23H2,1-7H3,(H,43,46)(H,44,50)/t24-,25-,26-,29-,30-,31+,34-/m0/s1. The number of hydrogen-bond donors (Lipinski definition) is 2. The number of carbonyl (C=O) groups excluding carboxylic acids is 5. The third-order valence-corrected chi connectivity index (χ3v) is 11.2. The number of ether oxygens (including phenoxy) is 4. The molecule has 2 aromatic rings. The minimum atomic E-state index is -0.803. The van der Waals surface area contributed by atoms with Crippen molar-refractivity contribution in [3.05, 3.63) is 30.0 Å². The molecule has 304 valence electrons. The summed E-state index contributed by atoms with van der Waals surface area (Å²) in [6.45, 7) is 9.51. The van der Waals surface area contributed by atoms with E-state index in [1.807, 2.05) is 0 Å². The first-order chi connectivity index (χ1) is 26.0. The van der Waals surface area contributed by atoms with E-state index in [4.69, 9.17) is 23.4 Å². The molecule has 3 aliphatic rings. The van der Waals surface area contributed by atoms with Crippen LogP contribution in [0, 0.1) is 29.1 Å². The Hall–Kier alpha value is -4.20. The zero-order valence-electron chi connectivity index (χ0n) is 33.2. The molecule has 3 atom stereocenters. The van der Waals surface area contributed by atoms with Gasteiger partial charge in [0, 0.05) is 30.6 Å². The van der Waals surface area contributed by atoms with Crippen LogP contribution in [0.3, 0.4) is 0 Å². The normalized spacial score (nSPS) is 25.2. The van der Waals surface area contributed by atoms with Crippen molar-refractivity contribution in [2.75, 3.05) is 32.4 Å². The molecule has 0 unspecified atom stereocenters. The van der Waals surface area contributed by atoms with E-state index < -0.39 is 54.6 Å². The molecule has 1 aliphatic heterocycles. The third-order valence-electron chi connectivity index (χ3n) is 11.2. The SMILES string of the molecule is CO[C@H]1CC[C@H]([C@@H]2CCN(C(=O)[C@H]3CC[C@H]([C@@H](CF)NC(=O)OC(C)(C)C)CC3)[C@@H]2C(=O)Nc2ccc3oc(C(=O)OCOC(=O)C(C)(C)C)cc3c2)CC1. The molecule has 0 bridgehead atoms. The number of methoxy groups -OCH3 is 1. The number of furan rings is 1. The number of esters is 2. The summed E-state index contributed by atoms with van der Waals surface area (Å²) in [5, 5.41) is 6.28. The highest BCUT2D eigenvalue weighted by molar-refractivity contribution is 6.00. The van der Waals surface area contributed by atoms with Gasteiger partial charge in [0.25, 0.3) is 0 Å². The molecule has 3 fully saturated rings. The lowest BCUT2D eigenvalue weighted by Crippen LogP contribution is -2.50. The Morgan fingerprint density at radius 3 is 2.22 bits per heavy atom. The van der Waals surface area contributed by atoms with Crippen LogP contribution in [0.5, 0.6) is 0 Å². The summed E-state index contributed by atoms with van der Waals surface area (Å²) >= 11 is 0. The van der Waals surface area contributed by atoms with Crippen LogP contribution in [0.4, 0.5) is 14.9 Å². The van der Waals surface area contributed by atoms with Gasteiger partial charge < -0.3 is 38.9 Å². The molecule has 55 heavy (non-hydrogen) atoms. The van der Waals surface area contributed by atoms with Crippen molar-refractivity contribution >= 4 is 46.5 Å². The summed E-state index contributed by atoms with van der Waals surface area (Å²) in [6.07, 6.45) is 6.06. The van der Waals surface area contributed by atoms with Gasteiger partial charge in [-0.25, -0.2) is 14.0 Å². The molecular formula is C41H58FN3O10. The van der Waals surface area contributed by atoms with E-state index >= 15 is 0 Å².